The van der Waals surface area contributed by atoms with Gasteiger partial charge >= 0.3 is 0 Å². The summed E-state index contributed by atoms with van der Waals surface area (Å²) < 4.78 is 5.70. The Morgan fingerprint density at radius 2 is 1.83 bits per heavy atom. The van der Waals surface area contributed by atoms with E-state index in [4.69, 9.17) is 10.5 Å². The van der Waals surface area contributed by atoms with E-state index in [2.05, 4.69) is 10.3 Å². The van der Waals surface area contributed by atoms with Gasteiger partial charge in [0.1, 0.15) is 11.5 Å². The van der Waals surface area contributed by atoms with Gasteiger partial charge in [-0.3, -0.25) is 9.78 Å². The van der Waals surface area contributed by atoms with Crippen LogP contribution in [0, 0.1) is 11.8 Å². The normalized spacial score (nSPS) is 20.2. The second-order valence-electron chi connectivity index (χ2n) is 5.83. The van der Waals surface area contributed by atoms with E-state index in [9.17, 15) is 4.79 Å². The average molecular weight is 311 g/mol. The molecule has 0 spiro atoms. The number of amides is 1. The molecule has 1 aromatic heterocycles. The fraction of sp³-hybridized carbons (Fsp3) is 0.333. The van der Waals surface area contributed by atoms with Crippen molar-refractivity contribution in [3.8, 4) is 11.5 Å². The molecule has 1 aliphatic rings. The van der Waals surface area contributed by atoms with Crippen LogP contribution in [0.3, 0.4) is 0 Å². The van der Waals surface area contributed by atoms with E-state index in [0.29, 0.717) is 12.5 Å². The SMILES string of the molecule is NC[C@H]1CCC[C@H]1C(=O)Nc1ccc(Oc2ccncc2)cc1. The summed E-state index contributed by atoms with van der Waals surface area (Å²) in [5.74, 6) is 1.86. The third-order valence-corrected chi connectivity index (χ3v) is 4.31. The third-order valence-electron chi connectivity index (χ3n) is 4.31. The Morgan fingerprint density at radius 1 is 1.13 bits per heavy atom. The van der Waals surface area contributed by atoms with Gasteiger partial charge in [-0.25, -0.2) is 0 Å². The standard InChI is InChI=1S/C18H21N3O2/c19-12-13-2-1-3-17(13)18(22)21-14-4-6-15(7-5-14)23-16-8-10-20-11-9-16/h4-11,13,17H,1-3,12,19H2,(H,21,22)/t13-,17-/m1/s1. The molecule has 120 valence electrons. The molecule has 3 N–H and O–H groups in total. The molecule has 1 heterocycles. The molecule has 2 atom stereocenters. The first kappa shape index (κ1) is 15.5. The number of carbonyl (C=O) groups excluding carboxylic acids is 1. The van der Waals surface area contributed by atoms with Gasteiger partial charge in [0.25, 0.3) is 0 Å². The minimum absolute atomic E-state index is 0.0349. The molecule has 2 aromatic rings. The van der Waals surface area contributed by atoms with E-state index in [1.807, 2.05) is 24.3 Å². The van der Waals surface area contributed by atoms with E-state index < -0.39 is 0 Å². The van der Waals surface area contributed by atoms with Crippen LogP contribution in [-0.2, 0) is 4.79 Å². The van der Waals surface area contributed by atoms with E-state index in [1.165, 1.54) is 0 Å². The first-order valence-corrected chi connectivity index (χ1v) is 7.95. The van der Waals surface area contributed by atoms with Crippen molar-refractivity contribution in [2.24, 2.45) is 17.6 Å². The Labute approximate surface area is 135 Å². The third kappa shape index (κ3) is 3.87. The number of hydrogen-bond acceptors (Lipinski definition) is 4. The minimum Gasteiger partial charge on any atom is -0.457 e. The van der Waals surface area contributed by atoms with Crippen molar-refractivity contribution in [1.82, 2.24) is 4.98 Å². The van der Waals surface area contributed by atoms with Gasteiger partial charge in [-0.1, -0.05) is 6.42 Å². The number of benzene rings is 1. The molecule has 1 aromatic carbocycles. The van der Waals surface area contributed by atoms with Crippen molar-refractivity contribution in [2.45, 2.75) is 19.3 Å². The molecule has 1 aliphatic carbocycles. The lowest BCUT2D eigenvalue weighted by molar-refractivity contribution is -0.120. The number of aromatic nitrogens is 1. The highest BCUT2D eigenvalue weighted by atomic mass is 16.5. The number of rotatable bonds is 5. The summed E-state index contributed by atoms with van der Waals surface area (Å²) in [7, 11) is 0. The van der Waals surface area contributed by atoms with E-state index in [0.717, 1.165) is 36.4 Å². The Hall–Kier alpha value is -2.40. The molecule has 0 aliphatic heterocycles. The summed E-state index contributed by atoms with van der Waals surface area (Å²) in [6, 6.07) is 11.0. The molecule has 0 bridgehead atoms. The van der Waals surface area contributed by atoms with Crippen molar-refractivity contribution < 1.29 is 9.53 Å². The monoisotopic (exact) mass is 311 g/mol. The number of anilines is 1. The molecule has 23 heavy (non-hydrogen) atoms. The number of pyridine rings is 1. The highest BCUT2D eigenvalue weighted by Gasteiger charge is 2.31. The molecule has 5 heteroatoms. The van der Waals surface area contributed by atoms with Gasteiger partial charge in [-0.15, -0.1) is 0 Å². The quantitative estimate of drug-likeness (QED) is 0.889. The Balaban J connectivity index is 1.60. The van der Waals surface area contributed by atoms with Crippen LogP contribution in [0.15, 0.2) is 48.8 Å². The molecule has 3 rings (SSSR count). The maximum Gasteiger partial charge on any atom is 0.227 e. The van der Waals surface area contributed by atoms with Gasteiger partial charge in [0, 0.05) is 24.0 Å². The molecule has 0 radical (unpaired) electrons. The topological polar surface area (TPSA) is 77.2 Å². The van der Waals surface area contributed by atoms with Gasteiger partial charge in [0.15, 0.2) is 0 Å². The fourth-order valence-corrected chi connectivity index (χ4v) is 3.05. The number of nitrogens with one attached hydrogen (secondary N) is 1. The number of hydrogen-bond donors (Lipinski definition) is 2. The summed E-state index contributed by atoms with van der Waals surface area (Å²) in [4.78, 5) is 16.3. The molecule has 1 fully saturated rings. The van der Waals surface area contributed by atoms with Crippen LogP contribution < -0.4 is 15.8 Å². The summed E-state index contributed by atoms with van der Waals surface area (Å²) in [5, 5.41) is 2.98. The Kier molecular flexibility index (Phi) is 4.88. The van der Waals surface area contributed by atoms with Crippen LogP contribution in [0.25, 0.3) is 0 Å². The predicted octanol–water partition coefficient (Wildman–Crippen LogP) is 3.19. The zero-order valence-corrected chi connectivity index (χ0v) is 12.9. The molecule has 0 unspecified atom stereocenters. The molecule has 5 nitrogen and oxygen atoms in total. The number of ether oxygens (including phenoxy) is 1. The highest BCUT2D eigenvalue weighted by molar-refractivity contribution is 5.93. The zero-order valence-electron chi connectivity index (χ0n) is 12.9. The van der Waals surface area contributed by atoms with E-state index in [1.54, 1.807) is 24.5 Å². The average Bonchev–Trinajstić information content (AvgIpc) is 3.06. The second kappa shape index (κ2) is 7.24. The van der Waals surface area contributed by atoms with Crippen LogP contribution in [0.4, 0.5) is 5.69 Å². The fourth-order valence-electron chi connectivity index (χ4n) is 3.05. The van der Waals surface area contributed by atoms with Gasteiger partial charge < -0.3 is 15.8 Å². The van der Waals surface area contributed by atoms with Gasteiger partial charge in [-0.05, 0) is 61.7 Å². The van der Waals surface area contributed by atoms with E-state index in [-0.39, 0.29) is 11.8 Å². The van der Waals surface area contributed by atoms with Gasteiger partial charge in [0.05, 0.1) is 0 Å². The lowest BCUT2D eigenvalue weighted by atomic mass is 9.95. The van der Waals surface area contributed by atoms with Gasteiger partial charge in [-0.2, -0.15) is 0 Å². The maximum atomic E-state index is 12.4. The molecule has 0 saturated heterocycles. The zero-order chi connectivity index (χ0) is 16.1. The summed E-state index contributed by atoms with van der Waals surface area (Å²) in [6.07, 6.45) is 6.42. The number of nitrogens with two attached hydrogens (primary N) is 1. The summed E-state index contributed by atoms with van der Waals surface area (Å²) >= 11 is 0. The van der Waals surface area contributed by atoms with Crippen molar-refractivity contribution in [3.05, 3.63) is 48.8 Å². The van der Waals surface area contributed by atoms with Crippen LogP contribution in [0.1, 0.15) is 19.3 Å². The number of nitrogens with zero attached hydrogens (tertiary/aromatic N) is 1. The maximum absolute atomic E-state index is 12.4. The first-order valence-electron chi connectivity index (χ1n) is 7.95. The van der Waals surface area contributed by atoms with Crippen LogP contribution in [-0.4, -0.2) is 17.4 Å². The van der Waals surface area contributed by atoms with Crippen LogP contribution in [0.5, 0.6) is 11.5 Å². The molecular formula is C18H21N3O2. The predicted molar refractivity (Wildman–Crippen MR) is 89.3 cm³/mol. The highest BCUT2D eigenvalue weighted by Crippen LogP contribution is 2.32. The molecule has 1 saturated carbocycles. The second-order valence-corrected chi connectivity index (χ2v) is 5.83. The molecular weight excluding hydrogens is 290 g/mol. The van der Waals surface area contributed by atoms with Crippen molar-refractivity contribution in [3.63, 3.8) is 0 Å². The Morgan fingerprint density at radius 3 is 2.52 bits per heavy atom. The van der Waals surface area contributed by atoms with Gasteiger partial charge in [0.2, 0.25) is 5.91 Å². The largest absolute Gasteiger partial charge is 0.457 e. The van der Waals surface area contributed by atoms with Crippen LogP contribution >= 0.6 is 0 Å². The lowest BCUT2D eigenvalue weighted by Gasteiger charge is -2.17. The van der Waals surface area contributed by atoms with Crippen LogP contribution in [0.2, 0.25) is 0 Å². The number of carbonyl (C=O) groups is 1. The summed E-state index contributed by atoms with van der Waals surface area (Å²) in [5.41, 5.74) is 6.53. The Bertz CT molecular complexity index is 643. The van der Waals surface area contributed by atoms with Crippen molar-refractivity contribution >= 4 is 11.6 Å². The first-order chi connectivity index (χ1) is 11.3. The molecule has 1 amide bonds. The van der Waals surface area contributed by atoms with Crippen molar-refractivity contribution in [1.29, 1.82) is 0 Å². The summed E-state index contributed by atoms with van der Waals surface area (Å²) in [6.45, 7) is 0.580. The van der Waals surface area contributed by atoms with E-state index >= 15 is 0 Å². The lowest BCUT2D eigenvalue weighted by Crippen LogP contribution is -2.29. The van der Waals surface area contributed by atoms with Crippen molar-refractivity contribution in [2.75, 3.05) is 11.9 Å². The minimum atomic E-state index is 0.0349. The smallest absolute Gasteiger partial charge is 0.227 e.